The number of hydrogen-bond acceptors (Lipinski definition) is 5. The van der Waals surface area contributed by atoms with Gasteiger partial charge in [0.05, 0.1) is 11.7 Å². The van der Waals surface area contributed by atoms with E-state index < -0.39 is 52.1 Å². The summed E-state index contributed by atoms with van der Waals surface area (Å²) in [5.74, 6) is -0.937. The molecule has 0 bridgehead atoms. The summed E-state index contributed by atoms with van der Waals surface area (Å²) in [5.41, 5.74) is -1.49. The van der Waals surface area contributed by atoms with E-state index >= 15 is 0 Å². The van der Waals surface area contributed by atoms with Crippen LogP contribution >= 0.6 is 0 Å². The van der Waals surface area contributed by atoms with Crippen LogP contribution in [0.25, 0.3) is 0 Å². The predicted molar refractivity (Wildman–Crippen MR) is 106 cm³/mol. The van der Waals surface area contributed by atoms with Crippen LogP contribution in [0.15, 0.2) is 36.2 Å². The van der Waals surface area contributed by atoms with Gasteiger partial charge in [-0.05, 0) is 25.0 Å². The zero-order valence-electron chi connectivity index (χ0n) is 17.3. The molecule has 1 saturated carbocycles. The number of alkyl halides is 4. The average Bonchev–Trinajstić information content (AvgIpc) is 3.38. The van der Waals surface area contributed by atoms with E-state index in [2.05, 4.69) is 9.82 Å². The molecule has 33 heavy (non-hydrogen) atoms. The van der Waals surface area contributed by atoms with Crippen molar-refractivity contribution in [2.45, 2.75) is 36.4 Å². The summed E-state index contributed by atoms with van der Waals surface area (Å²) < 4.78 is 82.4. The monoisotopic (exact) mass is 490 g/mol. The van der Waals surface area contributed by atoms with Crippen molar-refractivity contribution in [3.63, 3.8) is 0 Å². The molecule has 1 aromatic heterocycles. The fourth-order valence-electron chi connectivity index (χ4n) is 3.66. The first-order valence-electron chi connectivity index (χ1n) is 9.88. The Hall–Kier alpha value is -2.87. The fraction of sp³-hybridized carbons (Fsp3) is 0.474. The highest BCUT2D eigenvalue weighted by molar-refractivity contribution is 7.90. The summed E-state index contributed by atoms with van der Waals surface area (Å²) in [6, 6.07) is -1.19. The molecule has 2 heterocycles. The molecule has 9 nitrogen and oxygen atoms in total. The zero-order chi connectivity index (χ0) is 24.2. The summed E-state index contributed by atoms with van der Waals surface area (Å²) in [6.07, 6.45) is 1.77. The zero-order valence-corrected chi connectivity index (χ0v) is 18.2. The van der Waals surface area contributed by atoms with Gasteiger partial charge in [-0.2, -0.15) is 32.5 Å². The number of carbonyl (C=O) groups excluding carboxylic acids is 2. The molecule has 0 saturated heterocycles. The maximum atomic E-state index is 13.2. The number of nitrogens with zero attached hydrogens (tertiary/aromatic N) is 4. The topological polar surface area (TPSA) is 104 Å². The van der Waals surface area contributed by atoms with Gasteiger partial charge in [-0.25, -0.2) is 22.3 Å². The van der Waals surface area contributed by atoms with Gasteiger partial charge in [0.1, 0.15) is 29.8 Å². The van der Waals surface area contributed by atoms with Gasteiger partial charge in [0, 0.05) is 18.8 Å². The molecule has 1 atom stereocenters. The number of aromatic nitrogens is 2. The smallest absolute Gasteiger partial charge is 0.275 e. The molecular formula is C19H20F4N5O4S+. The highest BCUT2D eigenvalue weighted by Gasteiger charge is 2.51. The van der Waals surface area contributed by atoms with Crippen LogP contribution in [0.2, 0.25) is 0 Å². The van der Waals surface area contributed by atoms with Gasteiger partial charge in [0.15, 0.2) is 6.54 Å². The van der Waals surface area contributed by atoms with Crippen molar-refractivity contribution in [1.82, 2.24) is 19.4 Å². The van der Waals surface area contributed by atoms with Crippen molar-refractivity contribution in [1.29, 1.82) is 0 Å². The molecule has 1 unspecified atom stereocenters. The van der Waals surface area contributed by atoms with Gasteiger partial charge in [-0.1, -0.05) is 6.08 Å². The van der Waals surface area contributed by atoms with Gasteiger partial charge >= 0.3 is 18.1 Å². The van der Waals surface area contributed by atoms with Crippen molar-refractivity contribution in [3.05, 3.63) is 41.8 Å². The summed E-state index contributed by atoms with van der Waals surface area (Å²) >= 11 is 0. The lowest BCUT2D eigenvalue weighted by molar-refractivity contribution is -0.478. The normalized spacial score (nSPS) is 22.5. The molecule has 1 aromatic rings. The number of rotatable bonds is 7. The largest absolute Gasteiger partial charge is 0.502 e. The molecule has 14 heteroatoms. The second-order valence-corrected chi connectivity index (χ2v) is 10.1. The number of halogens is 4. The lowest BCUT2D eigenvalue weighted by Gasteiger charge is -2.26. The van der Waals surface area contributed by atoms with E-state index in [0.29, 0.717) is 27.9 Å². The lowest BCUT2D eigenvalue weighted by Crippen LogP contribution is -2.53. The number of sulfonamides is 1. The second-order valence-electron chi connectivity index (χ2n) is 8.25. The highest BCUT2D eigenvalue weighted by atomic mass is 32.2. The molecule has 3 amide bonds. The highest BCUT2D eigenvalue weighted by Crippen LogP contribution is 2.37. The minimum Gasteiger partial charge on any atom is -0.275 e. The van der Waals surface area contributed by atoms with E-state index in [4.69, 9.17) is 0 Å². The minimum absolute atomic E-state index is 0.318. The van der Waals surface area contributed by atoms with Crippen molar-refractivity contribution in [3.8, 4) is 0 Å². The summed E-state index contributed by atoms with van der Waals surface area (Å²) in [5, 5.41) is 2.48. The molecule has 4 rings (SSSR count). The third kappa shape index (κ3) is 4.62. The first kappa shape index (κ1) is 23.3. The third-order valence-electron chi connectivity index (χ3n) is 5.54. The number of carbonyl (C=O) groups is 2. The lowest BCUT2D eigenvalue weighted by atomic mass is 9.99. The van der Waals surface area contributed by atoms with Crippen molar-refractivity contribution in [2.75, 3.05) is 13.2 Å². The number of urea groups is 1. The Bertz CT molecular complexity index is 1210. The number of fused-ring (bicyclic) bond motifs is 1. The van der Waals surface area contributed by atoms with Crippen LogP contribution in [0.3, 0.4) is 0 Å². The van der Waals surface area contributed by atoms with Crippen molar-refractivity contribution < 1.29 is 40.1 Å². The fourth-order valence-corrected chi connectivity index (χ4v) is 5.26. The molecule has 0 radical (unpaired) electrons. The molecule has 1 aliphatic heterocycles. The first-order valence-corrected chi connectivity index (χ1v) is 11.4. The molecule has 0 spiro atoms. The molecule has 1 fully saturated rings. The van der Waals surface area contributed by atoms with Crippen LogP contribution in [0.1, 0.15) is 18.4 Å². The molecule has 1 N–H and O–H groups in total. The van der Waals surface area contributed by atoms with E-state index in [1.165, 1.54) is 17.1 Å². The number of nitrogens with one attached hydrogen (secondary N) is 1. The van der Waals surface area contributed by atoms with Crippen LogP contribution in [0, 0.1) is 0 Å². The Morgan fingerprint density at radius 2 is 2.00 bits per heavy atom. The second kappa shape index (κ2) is 7.87. The molecule has 178 valence electrons. The SMILES string of the molecule is Cn1cc(CN2C(=O)C3=CC(S(=O)(=O)NC4(CF)CC4)C=CC3=[N+](CC(F)(F)F)C2=O)cn1. The van der Waals surface area contributed by atoms with Crippen LogP contribution in [-0.4, -0.2) is 75.5 Å². The Morgan fingerprint density at radius 3 is 2.55 bits per heavy atom. The van der Waals surface area contributed by atoms with E-state index in [9.17, 15) is 35.6 Å². The van der Waals surface area contributed by atoms with Crippen LogP contribution in [-0.2, 0) is 28.4 Å². The van der Waals surface area contributed by atoms with E-state index in [1.807, 2.05) is 0 Å². The van der Waals surface area contributed by atoms with Gasteiger partial charge in [-0.15, -0.1) is 0 Å². The van der Waals surface area contributed by atoms with Crippen LogP contribution in [0.4, 0.5) is 22.4 Å². The van der Waals surface area contributed by atoms with Gasteiger partial charge in [0.2, 0.25) is 10.0 Å². The van der Waals surface area contributed by atoms with E-state index in [-0.39, 0.29) is 17.8 Å². The minimum atomic E-state index is -4.77. The molecule has 0 aromatic carbocycles. The Balaban J connectivity index is 1.73. The Morgan fingerprint density at radius 1 is 1.30 bits per heavy atom. The number of hydrogen-bond donors (Lipinski definition) is 1. The quantitative estimate of drug-likeness (QED) is 0.457. The molecular weight excluding hydrogens is 470 g/mol. The summed E-state index contributed by atoms with van der Waals surface area (Å²) in [7, 11) is -2.59. The standard InChI is InChI=1S/C19H20F4N5O4S/c1-26-8-12(7-24-26)9-27-16(29)14-6-13(33(31,32)25-18(10-20)4-5-18)2-3-15(14)28(17(27)30)11-19(21,22)23/h2-3,6-8,13,25H,4-5,9-11H2,1H3/q+1. The number of aryl methyl sites for hydroxylation is 1. The summed E-state index contributed by atoms with van der Waals surface area (Å²) in [4.78, 5) is 26.5. The number of amides is 3. The maximum Gasteiger partial charge on any atom is 0.502 e. The maximum absolute atomic E-state index is 13.2. The van der Waals surface area contributed by atoms with Crippen molar-refractivity contribution in [2.24, 2.45) is 7.05 Å². The van der Waals surface area contributed by atoms with Crippen LogP contribution in [0.5, 0.6) is 0 Å². The summed E-state index contributed by atoms with van der Waals surface area (Å²) in [6.45, 7) is -2.92. The predicted octanol–water partition coefficient (Wildman–Crippen LogP) is 1.18. The van der Waals surface area contributed by atoms with Crippen molar-refractivity contribution >= 4 is 27.7 Å². The number of allylic oxidation sites excluding steroid dienone is 1. The van der Waals surface area contributed by atoms with E-state index in [0.717, 1.165) is 18.2 Å². The molecule has 3 aliphatic rings. The first-order chi connectivity index (χ1) is 15.3. The van der Waals surface area contributed by atoms with E-state index in [1.54, 1.807) is 7.05 Å². The van der Waals surface area contributed by atoms with Gasteiger partial charge < -0.3 is 0 Å². The Kier molecular flexibility index (Phi) is 5.55. The van der Waals surface area contributed by atoms with Gasteiger partial charge in [0.25, 0.3) is 0 Å². The third-order valence-corrected chi connectivity index (χ3v) is 7.27. The Labute approximate surface area is 186 Å². The van der Waals surface area contributed by atoms with Gasteiger partial charge in [-0.3, -0.25) is 4.68 Å². The average molecular weight is 490 g/mol. The molecule has 2 aliphatic carbocycles. The number of imide groups is 1. The van der Waals surface area contributed by atoms with Crippen LogP contribution < -0.4 is 4.72 Å².